The van der Waals surface area contributed by atoms with E-state index < -0.39 is 11.9 Å². The molecule has 1 amide bonds. The van der Waals surface area contributed by atoms with Crippen LogP contribution in [0.4, 0.5) is 0 Å². The van der Waals surface area contributed by atoms with Gasteiger partial charge >= 0.3 is 5.97 Å². The van der Waals surface area contributed by atoms with Crippen LogP contribution in [0.5, 0.6) is 0 Å². The molecule has 1 fully saturated rings. The molecule has 1 unspecified atom stereocenters. The van der Waals surface area contributed by atoms with Gasteiger partial charge in [-0.1, -0.05) is 6.92 Å². The van der Waals surface area contributed by atoms with Crippen molar-refractivity contribution in [2.75, 3.05) is 13.1 Å². The molecule has 2 heterocycles. The van der Waals surface area contributed by atoms with Crippen LogP contribution >= 0.6 is 0 Å². The SMILES string of the molecule is CCCc1nc(C(=O)N2CCCC(C(=O)O)C2)n[nH]1. The number of hydrogen-bond acceptors (Lipinski definition) is 4. The van der Waals surface area contributed by atoms with Gasteiger partial charge in [0.15, 0.2) is 0 Å². The number of nitrogens with zero attached hydrogens (tertiary/aromatic N) is 3. The fourth-order valence-electron chi connectivity index (χ4n) is 2.24. The molecule has 1 aliphatic rings. The second-order valence-corrected chi connectivity index (χ2v) is 4.78. The van der Waals surface area contributed by atoms with E-state index in [9.17, 15) is 9.59 Å². The number of likely N-dealkylation sites (tertiary alicyclic amines) is 1. The standard InChI is InChI=1S/C12H18N4O3/c1-2-4-9-13-10(15-14-9)11(17)16-6-3-5-8(7-16)12(18)19/h8H,2-7H2,1H3,(H,18,19)(H,13,14,15). The van der Waals surface area contributed by atoms with Gasteiger partial charge in [0.05, 0.1) is 5.92 Å². The van der Waals surface area contributed by atoms with Gasteiger partial charge in [0.2, 0.25) is 5.82 Å². The average molecular weight is 266 g/mol. The van der Waals surface area contributed by atoms with Crippen LogP contribution in [0.15, 0.2) is 0 Å². The van der Waals surface area contributed by atoms with E-state index in [1.807, 2.05) is 6.92 Å². The van der Waals surface area contributed by atoms with E-state index in [1.165, 1.54) is 4.90 Å². The molecule has 1 atom stereocenters. The number of aromatic nitrogens is 3. The molecule has 0 bridgehead atoms. The van der Waals surface area contributed by atoms with Gasteiger partial charge in [-0.25, -0.2) is 4.98 Å². The largest absolute Gasteiger partial charge is 0.481 e. The lowest BCUT2D eigenvalue weighted by Gasteiger charge is -2.29. The number of piperidine rings is 1. The van der Waals surface area contributed by atoms with Gasteiger partial charge in [0.25, 0.3) is 5.91 Å². The van der Waals surface area contributed by atoms with E-state index in [0.717, 1.165) is 12.8 Å². The molecule has 1 aromatic rings. The Morgan fingerprint density at radius 1 is 1.53 bits per heavy atom. The van der Waals surface area contributed by atoms with Crippen molar-refractivity contribution in [1.29, 1.82) is 0 Å². The number of nitrogens with one attached hydrogen (secondary N) is 1. The minimum atomic E-state index is -0.848. The van der Waals surface area contributed by atoms with Gasteiger partial charge < -0.3 is 10.0 Å². The number of carboxylic acids is 1. The van der Waals surface area contributed by atoms with Gasteiger partial charge in [0, 0.05) is 19.5 Å². The topological polar surface area (TPSA) is 99.2 Å². The molecular formula is C12H18N4O3. The van der Waals surface area contributed by atoms with Crippen molar-refractivity contribution in [3.8, 4) is 0 Å². The molecule has 7 heteroatoms. The Hall–Kier alpha value is -1.92. The zero-order chi connectivity index (χ0) is 13.8. The molecule has 1 aliphatic heterocycles. The number of aliphatic carboxylic acids is 1. The first-order valence-corrected chi connectivity index (χ1v) is 6.55. The van der Waals surface area contributed by atoms with Crippen molar-refractivity contribution in [2.45, 2.75) is 32.6 Å². The van der Waals surface area contributed by atoms with E-state index in [1.54, 1.807) is 0 Å². The number of H-pyrrole nitrogens is 1. The second kappa shape index (κ2) is 5.81. The third-order valence-electron chi connectivity index (χ3n) is 3.27. The first kappa shape index (κ1) is 13.5. The van der Waals surface area contributed by atoms with Crippen molar-refractivity contribution in [1.82, 2.24) is 20.1 Å². The molecule has 0 saturated carbocycles. The summed E-state index contributed by atoms with van der Waals surface area (Å²) in [5.74, 6) is -0.789. The Balaban J connectivity index is 2.03. The number of hydrogen-bond donors (Lipinski definition) is 2. The highest BCUT2D eigenvalue weighted by Gasteiger charge is 2.30. The zero-order valence-electron chi connectivity index (χ0n) is 10.9. The summed E-state index contributed by atoms with van der Waals surface area (Å²) in [4.78, 5) is 28.8. The van der Waals surface area contributed by atoms with Crippen LogP contribution in [0.1, 0.15) is 42.6 Å². The van der Waals surface area contributed by atoms with E-state index >= 15 is 0 Å². The third kappa shape index (κ3) is 3.10. The lowest BCUT2D eigenvalue weighted by atomic mass is 9.98. The fourth-order valence-corrected chi connectivity index (χ4v) is 2.24. The molecule has 7 nitrogen and oxygen atoms in total. The number of carbonyl (C=O) groups is 2. The summed E-state index contributed by atoms with van der Waals surface area (Å²) in [6.45, 7) is 2.83. The summed E-state index contributed by atoms with van der Waals surface area (Å²) in [7, 11) is 0. The normalized spacial score (nSPS) is 19.4. The Labute approximate surface area is 111 Å². The van der Waals surface area contributed by atoms with Gasteiger partial charge in [0.1, 0.15) is 5.82 Å². The Morgan fingerprint density at radius 3 is 3.00 bits per heavy atom. The molecule has 0 aromatic carbocycles. The number of aryl methyl sites for hydroxylation is 1. The van der Waals surface area contributed by atoms with Crippen LogP contribution in [0.3, 0.4) is 0 Å². The zero-order valence-corrected chi connectivity index (χ0v) is 10.9. The predicted molar refractivity (Wildman–Crippen MR) is 66.6 cm³/mol. The van der Waals surface area contributed by atoms with Crippen LogP contribution in [0.25, 0.3) is 0 Å². The Bertz CT molecular complexity index is 471. The first-order valence-electron chi connectivity index (χ1n) is 6.55. The van der Waals surface area contributed by atoms with Crippen LogP contribution in [0, 0.1) is 5.92 Å². The van der Waals surface area contributed by atoms with Crippen LogP contribution in [-0.2, 0) is 11.2 Å². The van der Waals surface area contributed by atoms with E-state index in [2.05, 4.69) is 15.2 Å². The quantitative estimate of drug-likeness (QED) is 0.835. The summed E-state index contributed by atoms with van der Waals surface area (Å²) >= 11 is 0. The van der Waals surface area contributed by atoms with Crippen molar-refractivity contribution in [3.05, 3.63) is 11.6 Å². The maximum absolute atomic E-state index is 12.2. The average Bonchev–Trinajstić information content (AvgIpc) is 2.87. The third-order valence-corrected chi connectivity index (χ3v) is 3.27. The number of rotatable bonds is 4. The summed E-state index contributed by atoms with van der Waals surface area (Å²) < 4.78 is 0. The second-order valence-electron chi connectivity index (χ2n) is 4.78. The molecule has 0 spiro atoms. The number of carboxylic acid groups (broad SMARTS) is 1. The molecule has 2 N–H and O–H groups in total. The van der Waals surface area contributed by atoms with Gasteiger partial charge in [-0.2, -0.15) is 0 Å². The molecule has 1 aromatic heterocycles. The summed E-state index contributed by atoms with van der Waals surface area (Å²) in [6, 6.07) is 0. The molecule has 19 heavy (non-hydrogen) atoms. The molecular weight excluding hydrogens is 248 g/mol. The molecule has 1 saturated heterocycles. The molecule has 2 rings (SSSR count). The van der Waals surface area contributed by atoms with E-state index in [-0.39, 0.29) is 18.3 Å². The molecule has 0 radical (unpaired) electrons. The minimum Gasteiger partial charge on any atom is -0.481 e. The predicted octanol–water partition coefficient (Wildman–Crippen LogP) is 0.694. The Kier molecular flexibility index (Phi) is 4.13. The van der Waals surface area contributed by atoms with Gasteiger partial charge in [-0.15, -0.1) is 5.10 Å². The lowest BCUT2D eigenvalue weighted by molar-refractivity contribution is -0.143. The van der Waals surface area contributed by atoms with E-state index in [4.69, 9.17) is 5.11 Å². The van der Waals surface area contributed by atoms with Crippen LogP contribution < -0.4 is 0 Å². The maximum Gasteiger partial charge on any atom is 0.308 e. The van der Waals surface area contributed by atoms with Crippen LogP contribution in [0.2, 0.25) is 0 Å². The summed E-state index contributed by atoms with van der Waals surface area (Å²) in [5, 5.41) is 15.6. The van der Waals surface area contributed by atoms with Crippen LogP contribution in [-0.4, -0.2) is 50.2 Å². The highest BCUT2D eigenvalue weighted by molar-refractivity contribution is 5.90. The van der Waals surface area contributed by atoms with Gasteiger partial charge in [-0.3, -0.25) is 14.7 Å². The monoisotopic (exact) mass is 266 g/mol. The highest BCUT2D eigenvalue weighted by atomic mass is 16.4. The van der Waals surface area contributed by atoms with Crippen molar-refractivity contribution >= 4 is 11.9 Å². The summed E-state index contributed by atoms with van der Waals surface area (Å²) in [6.07, 6.45) is 2.99. The Morgan fingerprint density at radius 2 is 2.32 bits per heavy atom. The molecule has 0 aliphatic carbocycles. The smallest absolute Gasteiger partial charge is 0.308 e. The first-order chi connectivity index (χ1) is 9.11. The van der Waals surface area contributed by atoms with E-state index in [0.29, 0.717) is 25.2 Å². The van der Waals surface area contributed by atoms with Crippen molar-refractivity contribution in [3.63, 3.8) is 0 Å². The number of carbonyl (C=O) groups excluding carboxylic acids is 1. The number of amides is 1. The molecule has 104 valence electrons. The lowest BCUT2D eigenvalue weighted by Crippen LogP contribution is -2.42. The summed E-state index contributed by atoms with van der Waals surface area (Å²) in [5.41, 5.74) is 0. The van der Waals surface area contributed by atoms with Crippen molar-refractivity contribution < 1.29 is 14.7 Å². The van der Waals surface area contributed by atoms with Gasteiger partial charge in [-0.05, 0) is 19.3 Å². The minimum absolute atomic E-state index is 0.134. The highest BCUT2D eigenvalue weighted by Crippen LogP contribution is 2.18. The van der Waals surface area contributed by atoms with Crippen molar-refractivity contribution in [2.24, 2.45) is 5.92 Å². The maximum atomic E-state index is 12.2. The number of aromatic amines is 1. The fraction of sp³-hybridized carbons (Fsp3) is 0.667.